The highest BCUT2D eigenvalue weighted by Crippen LogP contribution is 2.32. The van der Waals surface area contributed by atoms with E-state index < -0.39 is 11.7 Å². The molecule has 2 atom stereocenters. The Bertz CT molecular complexity index is 1070. The second-order valence-electron chi connectivity index (χ2n) is 9.49. The maximum Gasteiger partial charge on any atom is 0.416 e. The van der Waals surface area contributed by atoms with E-state index in [-0.39, 0.29) is 35.5 Å². The fraction of sp³-hybridized carbons (Fsp3) is 0.500. The number of nitrogens with zero attached hydrogens (tertiary/aromatic N) is 3. The Morgan fingerprint density at radius 3 is 2.09 bits per heavy atom. The van der Waals surface area contributed by atoms with E-state index in [0.717, 1.165) is 23.5 Å². The SMILES string of the molecule is Cc1ccc(C(=O)N2CC(C)OC(C)C2)c(C2CCN(C(=O)c3ccc(C(F)(F)F)cc3)CC2)n1. The number of aromatic nitrogens is 1. The summed E-state index contributed by atoms with van der Waals surface area (Å²) in [5, 5.41) is 0. The number of hydrogen-bond donors (Lipinski definition) is 0. The van der Waals surface area contributed by atoms with Gasteiger partial charge < -0.3 is 14.5 Å². The molecule has 0 radical (unpaired) electrons. The Hall–Kier alpha value is -2.94. The summed E-state index contributed by atoms with van der Waals surface area (Å²) in [6, 6.07) is 7.99. The Balaban J connectivity index is 1.46. The van der Waals surface area contributed by atoms with Crippen LogP contribution in [-0.4, -0.2) is 65.0 Å². The lowest BCUT2D eigenvalue weighted by Gasteiger charge is -2.36. The first-order chi connectivity index (χ1) is 16.5. The molecular weight excluding hydrogens is 459 g/mol. The van der Waals surface area contributed by atoms with Crippen LogP contribution < -0.4 is 0 Å². The average Bonchev–Trinajstić information content (AvgIpc) is 2.82. The molecule has 0 bridgehead atoms. The number of carbonyl (C=O) groups excluding carboxylic acids is 2. The molecule has 35 heavy (non-hydrogen) atoms. The van der Waals surface area contributed by atoms with Gasteiger partial charge in [-0.15, -0.1) is 0 Å². The first kappa shape index (κ1) is 25.2. The molecule has 0 aliphatic carbocycles. The molecule has 6 nitrogen and oxygen atoms in total. The number of amides is 2. The predicted octanol–water partition coefficient (Wildman–Crippen LogP) is 4.68. The van der Waals surface area contributed by atoms with E-state index in [4.69, 9.17) is 9.72 Å². The Labute approximate surface area is 203 Å². The minimum atomic E-state index is -4.44. The Morgan fingerprint density at radius 2 is 1.51 bits per heavy atom. The lowest BCUT2D eigenvalue weighted by molar-refractivity contribution is -0.137. The number of hydrogen-bond acceptors (Lipinski definition) is 4. The normalized spacial score (nSPS) is 21.8. The van der Waals surface area contributed by atoms with Crippen molar-refractivity contribution in [2.24, 2.45) is 0 Å². The molecule has 188 valence electrons. The first-order valence-corrected chi connectivity index (χ1v) is 11.9. The van der Waals surface area contributed by atoms with Gasteiger partial charge in [0.05, 0.1) is 29.0 Å². The third-order valence-corrected chi connectivity index (χ3v) is 6.63. The highest BCUT2D eigenvalue weighted by atomic mass is 19.4. The molecule has 2 unspecified atom stereocenters. The van der Waals surface area contributed by atoms with Crippen LogP contribution in [-0.2, 0) is 10.9 Å². The molecule has 1 aromatic heterocycles. The summed E-state index contributed by atoms with van der Waals surface area (Å²) in [4.78, 5) is 34.5. The van der Waals surface area contributed by atoms with E-state index in [0.29, 0.717) is 44.6 Å². The van der Waals surface area contributed by atoms with Gasteiger partial charge in [-0.1, -0.05) is 0 Å². The van der Waals surface area contributed by atoms with Crippen LogP contribution in [0.1, 0.15) is 70.3 Å². The molecule has 1 aromatic carbocycles. The van der Waals surface area contributed by atoms with E-state index in [1.165, 1.54) is 12.1 Å². The lowest BCUT2D eigenvalue weighted by Crippen LogP contribution is -2.48. The van der Waals surface area contributed by atoms with Crippen LogP contribution in [0.15, 0.2) is 36.4 Å². The van der Waals surface area contributed by atoms with E-state index in [1.54, 1.807) is 4.90 Å². The standard InChI is InChI=1S/C26H30F3N3O3/c1-16-4-9-22(25(34)32-14-17(2)35-18(3)15-32)23(30-16)19-10-12-31(13-11-19)24(33)20-5-7-21(8-6-20)26(27,28)29/h4-9,17-19H,10-15H2,1-3H3. The van der Waals surface area contributed by atoms with Crippen LogP contribution in [0.3, 0.4) is 0 Å². The van der Waals surface area contributed by atoms with Gasteiger partial charge in [0, 0.05) is 43.4 Å². The van der Waals surface area contributed by atoms with Crippen molar-refractivity contribution in [2.45, 2.75) is 57.9 Å². The monoisotopic (exact) mass is 489 g/mol. The lowest BCUT2D eigenvalue weighted by atomic mass is 9.89. The van der Waals surface area contributed by atoms with Crippen LogP contribution in [0.2, 0.25) is 0 Å². The molecule has 2 aliphatic rings. The number of piperidine rings is 1. The van der Waals surface area contributed by atoms with Crippen LogP contribution in [0, 0.1) is 6.92 Å². The first-order valence-electron chi connectivity index (χ1n) is 11.9. The molecule has 2 amide bonds. The van der Waals surface area contributed by atoms with Gasteiger partial charge in [-0.25, -0.2) is 0 Å². The van der Waals surface area contributed by atoms with E-state index in [2.05, 4.69) is 0 Å². The number of rotatable bonds is 3. The number of likely N-dealkylation sites (tertiary alicyclic amines) is 1. The number of benzene rings is 1. The van der Waals surface area contributed by atoms with Crippen molar-refractivity contribution in [2.75, 3.05) is 26.2 Å². The summed E-state index contributed by atoms with van der Waals surface area (Å²) in [5.74, 6) is -0.332. The van der Waals surface area contributed by atoms with Gasteiger partial charge in [-0.3, -0.25) is 14.6 Å². The van der Waals surface area contributed by atoms with Crippen molar-refractivity contribution >= 4 is 11.8 Å². The smallest absolute Gasteiger partial charge is 0.372 e. The third kappa shape index (κ3) is 5.66. The van der Waals surface area contributed by atoms with Crippen molar-refractivity contribution < 1.29 is 27.5 Å². The average molecular weight is 490 g/mol. The van der Waals surface area contributed by atoms with Crippen LogP contribution in [0.5, 0.6) is 0 Å². The van der Waals surface area contributed by atoms with Gasteiger partial charge in [-0.2, -0.15) is 13.2 Å². The summed E-state index contributed by atoms with van der Waals surface area (Å²) in [7, 11) is 0. The van der Waals surface area contributed by atoms with Gasteiger partial charge in [0.25, 0.3) is 11.8 Å². The summed E-state index contributed by atoms with van der Waals surface area (Å²) in [5.41, 5.74) is 1.62. The molecule has 2 fully saturated rings. The van der Waals surface area contributed by atoms with Crippen LogP contribution >= 0.6 is 0 Å². The van der Waals surface area contributed by atoms with Gasteiger partial charge in [0.2, 0.25) is 0 Å². The predicted molar refractivity (Wildman–Crippen MR) is 124 cm³/mol. The summed E-state index contributed by atoms with van der Waals surface area (Å²) < 4.78 is 44.2. The second kappa shape index (κ2) is 9.97. The number of halogens is 3. The number of ether oxygens (including phenoxy) is 1. The number of aryl methyl sites for hydroxylation is 1. The fourth-order valence-corrected chi connectivity index (χ4v) is 4.92. The highest BCUT2D eigenvalue weighted by Gasteiger charge is 2.33. The number of alkyl halides is 3. The molecule has 2 saturated heterocycles. The summed E-state index contributed by atoms with van der Waals surface area (Å²) >= 11 is 0. The topological polar surface area (TPSA) is 62.7 Å². The summed E-state index contributed by atoms with van der Waals surface area (Å²) in [6.07, 6.45) is -3.27. The van der Waals surface area contributed by atoms with E-state index in [1.807, 2.05) is 37.8 Å². The number of carbonyl (C=O) groups is 2. The minimum Gasteiger partial charge on any atom is -0.372 e. The zero-order valence-corrected chi connectivity index (χ0v) is 20.1. The Morgan fingerprint density at radius 1 is 0.914 bits per heavy atom. The molecule has 9 heteroatoms. The van der Waals surface area contributed by atoms with Gasteiger partial charge in [-0.05, 0) is 70.0 Å². The van der Waals surface area contributed by atoms with Crippen molar-refractivity contribution in [3.63, 3.8) is 0 Å². The van der Waals surface area contributed by atoms with Crippen LogP contribution in [0.25, 0.3) is 0 Å². The quantitative estimate of drug-likeness (QED) is 0.628. The molecular formula is C26H30F3N3O3. The van der Waals surface area contributed by atoms with Gasteiger partial charge in [0.15, 0.2) is 0 Å². The number of morpholine rings is 1. The largest absolute Gasteiger partial charge is 0.416 e. The highest BCUT2D eigenvalue weighted by molar-refractivity contribution is 5.96. The van der Waals surface area contributed by atoms with Gasteiger partial charge >= 0.3 is 6.18 Å². The van der Waals surface area contributed by atoms with Crippen molar-refractivity contribution in [3.8, 4) is 0 Å². The zero-order valence-electron chi connectivity index (χ0n) is 20.1. The molecule has 2 aromatic rings. The van der Waals surface area contributed by atoms with E-state index in [9.17, 15) is 22.8 Å². The number of pyridine rings is 1. The molecule has 3 heterocycles. The molecule has 0 saturated carbocycles. The molecule has 0 spiro atoms. The molecule has 0 N–H and O–H groups in total. The Kier molecular flexibility index (Phi) is 7.17. The zero-order chi connectivity index (χ0) is 25.3. The van der Waals surface area contributed by atoms with Crippen molar-refractivity contribution in [1.82, 2.24) is 14.8 Å². The fourth-order valence-electron chi connectivity index (χ4n) is 4.92. The van der Waals surface area contributed by atoms with Crippen LogP contribution in [0.4, 0.5) is 13.2 Å². The van der Waals surface area contributed by atoms with Crippen molar-refractivity contribution in [1.29, 1.82) is 0 Å². The minimum absolute atomic E-state index is 0.0152. The van der Waals surface area contributed by atoms with E-state index >= 15 is 0 Å². The third-order valence-electron chi connectivity index (χ3n) is 6.63. The molecule has 4 rings (SSSR count). The van der Waals surface area contributed by atoms with Gasteiger partial charge in [0.1, 0.15) is 0 Å². The maximum absolute atomic E-state index is 13.4. The molecule has 2 aliphatic heterocycles. The summed E-state index contributed by atoms with van der Waals surface area (Å²) in [6.45, 7) is 7.73. The maximum atomic E-state index is 13.4. The second-order valence-corrected chi connectivity index (χ2v) is 9.49. The van der Waals surface area contributed by atoms with Crippen molar-refractivity contribution in [3.05, 3.63) is 64.5 Å².